The summed E-state index contributed by atoms with van der Waals surface area (Å²) in [6.07, 6.45) is -0.114. The van der Waals surface area contributed by atoms with Gasteiger partial charge < -0.3 is 24.7 Å². The number of hydrogen-bond acceptors (Lipinski definition) is 8. The van der Waals surface area contributed by atoms with Gasteiger partial charge in [-0.15, -0.1) is 0 Å². The lowest BCUT2D eigenvalue weighted by molar-refractivity contribution is -0.146. The number of rotatable bonds is 8. The molecule has 2 N–H and O–H groups in total. The van der Waals surface area contributed by atoms with Gasteiger partial charge in [0.25, 0.3) is 0 Å². The molecule has 0 aliphatic heterocycles. The van der Waals surface area contributed by atoms with E-state index in [4.69, 9.17) is 29.9 Å². The predicted molar refractivity (Wildman–Crippen MR) is 88.3 cm³/mol. The van der Waals surface area contributed by atoms with Crippen LogP contribution in [0.5, 0.6) is 17.2 Å². The zero-order chi connectivity index (χ0) is 19.0. The van der Waals surface area contributed by atoms with E-state index in [1.165, 1.54) is 28.3 Å². The number of ether oxygens (including phenoxy) is 4. The molecule has 0 unspecified atom stereocenters. The highest BCUT2D eigenvalue weighted by Crippen LogP contribution is 2.38. The molecular weight excluding hydrogens is 328 g/mol. The van der Waals surface area contributed by atoms with Gasteiger partial charge in [0, 0.05) is 5.70 Å². The molecule has 1 aromatic carbocycles. The van der Waals surface area contributed by atoms with E-state index in [-0.39, 0.29) is 17.7 Å². The van der Waals surface area contributed by atoms with E-state index in [1.807, 2.05) is 0 Å². The van der Waals surface area contributed by atoms with E-state index in [0.29, 0.717) is 22.8 Å². The van der Waals surface area contributed by atoms with E-state index < -0.39 is 18.4 Å². The van der Waals surface area contributed by atoms with Crippen molar-refractivity contribution in [3.8, 4) is 23.3 Å². The molecule has 134 valence electrons. The number of hydrogen-bond donors (Lipinski definition) is 1. The smallest absolute Gasteiger partial charge is 0.310 e. The zero-order valence-electron chi connectivity index (χ0n) is 14.5. The van der Waals surface area contributed by atoms with Gasteiger partial charge in [-0.05, 0) is 24.6 Å². The first-order chi connectivity index (χ1) is 11.9. The first-order valence-electron chi connectivity index (χ1n) is 7.22. The van der Waals surface area contributed by atoms with Gasteiger partial charge in [0.15, 0.2) is 18.1 Å². The Morgan fingerprint density at radius 2 is 1.68 bits per heavy atom. The molecular formula is C17H20N2O6. The highest BCUT2D eigenvalue weighted by atomic mass is 16.5. The van der Waals surface area contributed by atoms with E-state index in [2.05, 4.69) is 0 Å². The number of allylic oxidation sites excluding steroid dienone is 1. The molecule has 0 aliphatic carbocycles. The number of esters is 1. The van der Waals surface area contributed by atoms with Gasteiger partial charge in [-0.25, -0.2) is 0 Å². The van der Waals surface area contributed by atoms with Crippen molar-refractivity contribution in [1.82, 2.24) is 0 Å². The summed E-state index contributed by atoms with van der Waals surface area (Å²) < 4.78 is 20.5. The molecule has 0 radical (unpaired) electrons. The highest BCUT2D eigenvalue weighted by molar-refractivity contribution is 6.01. The number of nitrogens with two attached hydrogens (primary N) is 1. The molecule has 8 heteroatoms. The maximum Gasteiger partial charge on any atom is 0.310 e. The van der Waals surface area contributed by atoms with Gasteiger partial charge in [-0.1, -0.05) is 0 Å². The van der Waals surface area contributed by atoms with Crippen LogP contribution in [-0.4, -0.2) is 39.7 Å². The number of nitrogens with zero attached hydrogens (tertiary/aromatic N) is 1. The Balaban J connectivity index is 2.83. The van der Waals surface area contributed by atoms with Gasteiger partial charge in [-0.2, -0.15) is 5.26 Å². The number of methoxy groups -OCH3 is 3. The Morgan fingerprint density at radius 3 is 2.08 bits per heavy atom. The largest absolute Gasteiger partial charge is 0.493 e. The molecule has 0 bridgehead atoms. The molecule has 0 atom stereocenters. The van der Waals surface area contributed by atoms with Gasteiger partial charge in [0.2, 0.25) is 11.5 Å². The quantitative estimate of drug-likeness (QED) is 0.421. The lowest BCUT2D eigenvalue weighted by Gasteiger charge is -2.14. The van der Waals surface area contributed by atoms with Gasteiger partial charge in [0.1, 0.15) is 11.6 Å². The summed E-state index contributed by atoms with van der Waals surface area (Å²) in [5, 5.41) is 8.84. The van der Waals surface area contributed by atoms with Crippen molar-refractivity contribution in [2.45, 2.75) is 13.3 Å². The minimum absolute atomic E-state index is 0.0770. The lowest BCUT2D eigenvalue weighted by Crippen LogP contribution is -2.18. The summed E-state index contributed by atoms with van der Waals surface area (Å²) in [5.74, 6) is -0.0989. The second kappa shape index (κ2) is 9.17. The zero-order valence-corrected chi connectivity index (χ0v) is 14.5. The monoisotopic (exact) mass is 348 g/mol. The molecule has 25 heavy (non-hydrogen) atoms. The standard InChI is InChI=1S/C17H20N2O6/c1-10(19)12(8-18)13(20)9-25-16(21)7-11-5-14(22-2)17(24-4)15(6-11)23-3/h5-6H,7,9,19H2,1-4H3/b12-10+. The third-order valence-electron chi connectivity index (χ3n) is 3.22. The van der Waals surface area contributed by atoms with Crippen molar-refractivity contribution in [3.05, 3.63) is 29.0 Å². The second-order valence-corrected chi connectivity index (χ2v) is 4.96. The van der Waals surface area contributed by atoms with Crippen LogP contribution in [0.4, 0.5) is 0 Å². The van der Waals surface area contributed by atoms with Crippen LogP contribution >= 0.6 is 0 Å². The average molecular weight is 348 g/mol. The third-order valence-corrected chi connectivity index (χ3v) is 3.22. The molecule has 0 amide bonds. The number of nitriles is 1. The SMILES string of the molecule is COc1cc(CC(=O)OCC(=O)/C(C#N)=C(\C)N)cc(OC)c1OC. The Bertz CT molecular complexity index is 704. The van der Waals surface area contributed by atoms with Crippen molar-refractivity contribution >= 4 is 11.8 Å². The van der Waals surface area contributed by atoms with Crippen LogP contribution in [0, 0.1) is 11.3 Å². The average Bonchev–Trinajstić information content (AvgIpc) is 2.59. The van der Waals surface area contributed by atoms with Gasteiger partial charge >= 0.3 is 5.97 Å². The Kier molecular flexibility index (Phi) is 7.28. The fraction of sp³-hybridized carbons (Fsp3) is 0.353. The van der Waals surface area contributed by atoms with E-state index >= 15 is 0 Å². The molecule has 0 spiro atoms. The maximum absolute atomic E-state index is 11.9. The molecule has 0 heterocycles. The predicted octanol–water partition coefficient (Wildman–Crippen LogP) is 1.12. The second-order valence-electron chi connectivity index (χ2n) is 4.96. The van der Waals surface area contributed by atoms with Crippen LogP contribution in [0.2, 0.25) is 0 Å². The summed E-state index contributed by atoms with van der Waals surface area (Å²) in [4.78, 5) is 23.7. The van der Waals surface area contributed by atoms with Crippen molar-refractivity contribution in [2.75, 3.05) is 27.9 Å². The van der Waals surface area contributed by atoms with Gasteiger partial charge in [0.05, 0.1) is 27.8 Å². The van der Waals surface area contributed by atoms with Crippen molar-refractivity contribution < 1.29 is 28.5 Å². The first kappa shape index (κ1) is 19.8. The summed E-state index contributed by atoms with van der Waals surface area (Å²) >= 11 is 0. The summed E-state index contributed by atoms with van der Waals surface area (Å²) in [7, 11) is 4.39. The maximum atomic E-state index is 11.9. The summed E-state index contributed by atoms with van der Waals surface area (Å²) in [6.45, 7) is 0.870. The lowest BCUT2D eigenvalue weighted by atomic mass is 10.1. The van der Waals surface area contributed by atoms with Crippen molar-refractivity contribution in [1.29, 1.82) is 5.26 Å². The number of carbonyl (C=O) groups is 2. The number of ketones is 1. The minimum atomic E-state index is -0.652. The molecule has 0 fully saturated rings. The normalized spacial score (nSPS) is 11.0. The fourth-order valence-corrected chi connectivity index (χ4v) is 2.04. The number of Topliss-reactive ketones (excluding diaryl/α,β-unsaturated/α-hetero) is 1. The van der Waals surface area contributed by atoms with E-state index in [1.54, 1.807) is 18.2 Å². The third kappa shape index (κ3) is 5.14. The Labute approximate surface area is 145 Å². The summed E-state index contributed by atoms with van der Waals surface area (Å²) in [6, 6.07) is 4.90. The Morgan fingerprint density at radius 1 is 1.12 bits per heavy atom. The molecule has 0 aliphatic rings. The van der Waals surface area contributed by atoms with Crippen LogP contribution in [0.15, 0.2) is 23.4 Å². The number of benzene rings is 1. The van der Waals surface area contributed by atoms with E-state index in [9.17, 15) is 9.59 Å². The van der Waals surface area contributed by atoms with Crippen molar-refractivity contribution in [2.24, 2.45) is 5.73 Å². The molecule has 0 saturated heterocycles. The molecule has 0 aromatic heterocycles. The fourth-order valence-electron chi connectivity index (χ4n) is 2.04. The molecule has 1 aromatic rings. The Hall–Kier alpha value is -3.21. The van der Waals surface area contributed by atoms with Crippen LogP contribution < -0.4 is 19.9 Å². The van der Waals surface area contributed by atoms with Crippen LogP contribution in [0.25, 0.3) is 0 Å². The van der Waals surface area contributed by atoms with Gasteiger partial charge in [-0.3, -0.25) is 9.59 Å². The topological polar surface area (TPSA) is 121 Å². The van der Waals surface area contributed by atoms with Crippen molar-refractivity contribution in [3.63, 3.8) is 0 Å². The minimum Gasteiger partial charge on any atom is -0.493 e. The van der Waals surface area contributed by atoms with Crippen LogP contribution in [-0.2, 0) is 20.7 Å². The molecule has 8 nitrogen and oxygen atoms in total. The van der Waals surface area contributed by atoms with Crippen LogP contribution in [0.1, 0.15) is 12.5 Å². The van der Waals surface area contributed by atoms with E-state index in [0.717, 1.165) is 0 Å². The summed E-state index contributed by atoms with van der Waals surface area (Å²) in [5.41, 5.74) is 5.83. The molecule has 1 rings (SSSR count). The van der Waals surface area contributed by atoms with Crippen LogP contribution in [0.3, 0.4) is 0 Å². The first-order valence-corrected chi connectivity index (χ1v) is 7.22. The molecule has 0 saturated carbocycles. The number of carbonyl (C=O) groups excluding carboxylic acids is 2. The highest BCUT2D eigenvalue weighted by Gasteiger charge is 2.17.